The van der Waals surface area contributed by atoms with Crippen LogP contribution in [0.2, 0.25) is 5.28 Å². The van der Waals surface area contributed by atoms with Crippen molar-refractivity contribution in [2.75, 3.05) is 11.1 Å². The largest absolute Gasteiger partial charge is 0.368 e. The highest BCUT2D eigenvalue weighted by Crippen LogP contribution is 2.21. The second-order valence-electron chi connectivity index (χ2n) is 3.17. The number of nitrogens with one attached hydrogen (secondary N) is 1. The van der Waals surface area contributed by atoms with Crippen molar-refractivity contribution in [1.82, 2.24) is 15.0 Å². The Labute approximate surface area is 102 Å². The molecule has 2 aromatic rings. The Kier molecular flexibility index (Phi) is 3.21. The van der Waals surface area contributed by atoms with E-state index in [1.807, 2.05) is 24.4 Å². The maximum absolute atomic E-state index is 5.68. The molecule has 1 unspecified atom stereocenters. The second-order valence-corrected chi connectivity index (χ2v) is 4.49. The van der Waals surface area contributed by atoms with E-state index in [0.717, 1.165) is 0 Å². The summed E-state index contributed by atoms with van der Waals surface area (Å²) in [5.74, 6) is 0.499. The number of halogens is 1. The van der Waals surface area contributed by atoms with E-state index in [1.54, 1.807) is 11.3 Å². The molecule has 2 heterocycles. The number of nitrogens with two attached hydrogens (primary N) is 1. The number of anilines is 2. The van der Waals surface area contributed by atoms with Crippen LogP contribution in [0.5, 0.6) is 0 Å². The lowest BCUT2D eigenvalue weighted by Crippen LogP contribution is -2.10. The molecule has 0 aliphatic rings. The third-order valence-electron chi connectivity index (χ3n) is 1.94. The molecule has 84 valence electrons. The number of aromatic nitrogens is 3. The number of hydrogen-bond acceptors (Lipinski definition) is 6. The van der Waals surface area contributed by atoms with Gasteiger partial charge in [0.15, 0.2) is 0 Å². The summed E-state index contributed by atoms with van der Waals surface area (Å²) in [5, 5.41) is 5.22. The zero-order valence-electron chi connectivity index (χ0n) is 8.51. The van der Waals surface area contributed by atoms with E-state index in [-0.39, 0.29) is 17.3 Å². The third-order valence-corrected chi connectivity index (χ3v) is 3.17. The van der Waals surface area contributed by atoms with E-state index in [1.165, 1.54) is 4.88 Å². The van der Waals surface area contributed by atoms with Gasteiger partial charge in [0.25, 0.3) is 0 Å². The first kappa shape index (κ1) is 11.1. The fraction of sp³-hybridized carbons (Fsp3) is 0.222. The van der Waals surface area contributed by atoms with Crippen molar-refractivity contribution in [3.8, 4) is 0 Å². The van der Waals surface area contributed by atoms with Gasteiger partial charge in [-0.05, 0) is 30.0 Å². The molecule has 0 aromatic carbocycles. The van der Waals surface area contributed by atoms with Crippen LogP contribution >= 0.6 is 22.9 Å². The van der Waals surface area contributed by atoms with Gasteiger partial charge in [-0.3, -0.25) is 0 Å². The Hall–Kier alpha value is -1.40. The number of nitrogens with zero attached hydrogens (tertiary/aromatic N) is 3. The topological polar surface area (TPSA) is 76.7 Å². The van der Waals surface area contributed by atoms with Gasteiger partial charge in [-0.15, -0.1) is 11.3 Å². The quantitative estimate of drug-likeness (QED) is 0.880. The van der Waals surface area contributed by atoms with E-state index in [2.05, 4.69) is 20.3 Å². The lowest BCUT2D eigenvalue weighted by Gasteiger charge is -2.11. The van der Waals surface area contributed by atoms with Crippen LogP contribution in [-0.2, 0) is 0 Å². The lowest BCUT2D eigenvalue weighted by atomic mass is 10.3. The molecule has 5 nitrogen and oxygen atoms in total. The number of nitrogen functional groups attached to an aromatic ring is 1. The predicted molar refractivity (Wildman–Crippen MR) is 65.6 cm³/mol. The first-order chi connectivity index (χ1) is 7.65. The van der Waals surface area contributed by atoms with Gasteiger partial charge < -0.3 is 11.1 Å². The van der Waals surface area contributed by atoms with E-state index < -0.39 is 0 Å². The first-order valence-corrected chi connectivity index (χ1v) is 5.88. The summed E-state index contributed by atoms with van der Waals surface area (Å²) in [6.45, 7) is 2.01. The number of hydrogen-bond donors (Lipinski definition) is 2. The fourth-order valence-corrected chi connectivity index (χ4v) is 2.13. The molecule has 0 bridgehead atoms. The summed E-state index contributed by atoms with van der Waals surface area (Å²) < 4.78 is 0. The van der Waals surface area contributed by atoms with Crippen molar-refractivity contribution >= 4 is 34.8 Å². The molecular formula is C9H10ClN5S. The van der Waals surface area contributed by atoms with Crippen molar-refractivity contribution in [3.63, 3.8) is 0 Å². The highest BCUT2D eigenvalue weighted by molar-refractivity contribution is 7.10. The molecule has 2 aromatic heterocycles. The molecule has 3 N–H and O–H groups in total. The number of thiophene rings is 1. The van der Waals surface area contributed by atoms with Crippen LogP contribution in [-0.4, -0.2) is 15.0 Å². The number of rotatable bonds is 3. The summed E-state index contributed by atoms with van der Waals surface area (Å²) in [4.78, 5) is 12.8. The van der Waals surface area contributed by atoms with E-state index in [0.29, 0.717) is 5.95 Å². The lowest BCUT2D eigenvalue weighted by molar-refractivity contribution is 0.874. The van der Waals surface area contributed by atoms with Crippen LogP contribution in [0.4, 0.5) is 11.9 Å². The molecule has 0 amide bonds. The van der Waals surface area contributed by atoms with Crippen LogP contribution < -0.4 is 11.1 Å². The summed E-state index contributed by atoms with van der Waals surface area (Å²) in [6, 6.07) is 4.14. The molecule has 0 spiro atoms. The third kappa shape index (κ3) is 2.59. The van der Waals surface area contributed by atoms with Crippen LogP contribution in [0, 0.1) is 0 Å². The summed E-state index contributed by atoms with van der Waals surface area (Å²) in [5.41, 5.74) is 5.47. The molecule has 0 aliphatic heterocycles. The van der Waals surface area contributed by atoms with Crippen LogP contribution in [0.25, 0.3) is 0 Å². The van der Waals surface area contributed by atoms with Gasteiger partial charge in [-0.2, -0.15) is 15.0 Å². The van der Waals surface area contributed by atoms with Crippen molar-refractivity contribution in [2.45, 2.75) is 13.0 Å². The normalized spacial score (nSPS) is 12.4. The van der Waals surface area contributed by atoms with Crippen LogP contribution in [0.1, 0.15) is 17.8 Å². The minimum Gasteiger partial charge on any atom is -0.368 e. The highest BCUT2D eigenvalue weighted by atomic mass is 35.5. The van der Waals surface area contributed by atoms with Gasteiger partial charge in [-0.25, -0.2) is 0 Å². The van der Waals surface area contributed by atoms with Crippen LogP contribution in [0.15, 0.2) is 17.5 Å². The Bertz CT molecular complexity index is 453. The smallest absolute Gasteiger partial charge is 0.229 e. The first-order valence-electron chi connectivity index (χ1n) is 4.62. The van der Waals surface area contributed by atoms with Gasteiger partial charge in [-0.1, -0.05) is 6.07 Å². The van der Waals surface area contributed by atoms with Gasteiger partial charge >= 0.3 is 0 Å². The van der Waals surface area contributed by atoms with Gasteiger partial charge in [0.1, 0.15) is 0 Å². The molecule has 0 fully saturated rings. The molecule has 2 rings (SSSR count). The predicted octanol–water partition coefficient (Wildman–Crippen LogP) is 2.34. The van der Waals surface area contributed by atoms with Crippen molar-refractivity contribution in [2.24, 2.45) is 0 Å². The minimum atomic E-state index is 0.0911. The van der Waals surface area contributed by atoms with Crippen LogP contribution in [0.3, 0.4) is 0 Å². The average molecular weight is 256 g/mol. The molecule has 16 heavy (non-hydrogen) atoms. The SMILES string of the molecule is CC(Nc1nc(N)nc(Cl)n1)c1cccs1. The van der Waals surface area contributed by atoms with Crippen molar-refractivity contribution in [1.29, 1.82) is 0 Å². The summed E-state index contributed by atoms with van der Waals surface area (Å²) in [6.07, 6.45) is 0. The van der Waals surface area contributed by atoms with Crippen molar-refractivity contribution < 1.29 is 0 Å². The Morgan fingerprint density at radius 3 is 2.88 bits per heavy atom. The second kappa shape index (κ2) is 4.63. The maximum Gasteiger partial charge on any atom is 0.229 e. The van der Waals surface area contributed by atoms with E-state index in [4.69, 9.17) is 17.3 Å². The zero-order chi connectivity index (χ0) is 11.5. The van der Waals surface area contributed by atoms with Gasteiger partial charge in [0, 0.05) is 4.88 Å². The minimum absolute atomic E-state index is 0.0911. The molecule has 7 heteroatoms. The Morgan fingerprint density at radius 2 is 2.25 bits per heavy atom. The molecule has 0 saturated heterocycles. The van der Waals surface area contributed by atoms with E-state index >= 15 is 0 Å². The molecule has 0 radical (unpaired) electrons. The molecule has 1 atom stereocenters. The molecule has 0 saturated carbocycles. The Balaban J connectivity index is 2.15. The van der Waals surface area contributed by atoms with Gasteiger partial charge in [0.2, 0.25) is 17.2 Å². The fourth-order valence-electron chi connectivity index (χ4n) is 1.23. The summed E-state index contributed by atoms with van der Waals surface area (Å²) >= 11 is 7.34. The molecular weight excluding hydrogens is 246 g/mol. The highest BCUT2D eigenvalue weighted by Gasteiger charge is 2.09. The van der Waals surface area contributed by atoms with Crippen molar-refractivity contribution in [3.05, 3.63) is 27.7 Å². The average Bonchev–Trinajstić information content (AvgIpc) is 2.68. The van der Waals surface area contributed by atoms with Gasteiger partial charge in [0.05, 0.1) is 6.04 Å². The van der Waals surface area contributed by atoms with E-state index in [9.17, 15) is 0 Å². The maximum atomic E-state index is 5.68. The Morgan fingerprint density at radius 1 is 1.44 bits per heavy atom. The standard InChI is InChI=1S/C9H10ClN5S/c1-5(6-3-2-4-16-6)12-9-14-7(10)13-8(11)15-9/h2-5H,1H3,(H3,11,12,13,14,15). The molecule has 0 aliphatic carbocycles. The monoisotopic (exact) mass is 255 g/mol. The zero-order valence-corrected chi connectivity index (χ0v) is 10.1. The summed E-state index contributed by atoms with van der Waals surface area (Å²) in [7, 11) is 0.